The molecule has 32 heavy (non-hydrogen) atoms. The number of methoxy groups -OCH3 is 1. The minimum absolute atomic E-state index is 0.201. The Morgan fingerprint density at radius 3 is 2.50 bits per heavy atom. The van der Waals surface area contributed by atoms with Gasteiger partial charge < -0.3 is 14.5 Å². The average Bonchev–Trinajstić information content (AvgIpc) is 2.82. The molecule has 2 aromatic heterocycles. The molecule has 1 atom stereocenters. The lowest BCUT2D eigenvalue weighted by Gasteiger charge is -2.41. The van der Waals surface area contributed by atoms with Crippen molar-refractivity contribution < 1.29 is 9.53 Å². The summed E-state index contributed by atoms with van der Waals surface area (Å²) in [7, 11) is 1.33. The highest BCUT2D eigenvalue weighted by Gasteiger charge is 2.27. The Labute approximate surface area is 188 Å². The third-order valence-corrected chi connectivity index (χ3v) is 6.06. The second kappa shape index (κ2) is 9.30. The van der Waals surface area contributed by atoms with Gasteiger partial charge in [0, 0.05) is 32.1 Å². The number of nitrogens with zero attached hydrogens (tertiary/aromatic N) is 6. The molecule has 166 valence electrons. The third-order valence-electron chi connectivity index (χ3n) is 6.06. The van der Waals surface area contributed by atoms with E-state index in [0.717, 1.165) is 43.4 Å². The Bertz CT molecular complexity index is 1090. The summed E-state index contributed by atoms with van der Waals surface area (Å²) < 4.78 is 4.69. The van der Waals surface area contributed by atoms with Crippen molar-refractivity contribution in [1.82, 2.24) is 20.2 Å². The lowest BCUT2D eigenvalue weighted by molar-refractivity contribution is 0.0593. The maximum absolute atomic E-state index is 11.6. The number of esters is 1. The molecule has 0 saturated carbocycles. The molecular weight excluding hydrogens is 404 g/mol. The summed E-state index contributed by atoms with van der Waals surface area (Å²) in [6.45, 7) is 8.79. The first-order valence-corrected chi connectivity index (χ1v) is 10.8. The van der Waals surface area contributed by atoms with Crippen LogP contribution in [0.25, 0.3) is 0 Å². The summed E-state index contributed by atoms with van der Waals surface area (Å²) in [6.07, 6.45) is 3.88. The quantitative estimate of drug-likeness (QED) is 0.569. The SMILES string of the molecule is COC(=O)c1cnc(N2CCN(c3nnc(Cc4ccccc4)c(C)c3C)C[C@@H]2C)cn1. The topological polar surface area (TPSA) is 84.3 Å². The van der Waals surface area contributed by atoms with E-state index in [2.05, 4.69) is 62.9 Å². The van der Waals surface area contributed by atoms with Crippen molar-refractivity contribution in [2.75, 3.05) is 36.5 Å². The molecule has 0 bridgehead atoms. The molecule has 3 heterocycles. The van der Waals surface area contributed by atoms with Gasteiger partial charge in [-0.05, 0) is 37.5 Å². The van der Waals surface area contributed by atoms with Crippen molar-refractivity contribution in [3.63, 3.8) is 0 Å². The summed E-state index contributed by atoms with van der Waals surface area (Å²) >= 11 is 0. The van der Waals surface area contributed by atoms with Crippen molar-refractivity contribution in [1.29, 1.82) is 0 Å². The van der Waals surface area contributed by atoms with Gasteiger partial charge in [-0.2, -0.15) is 5.10 Å². The van der Waals surface area contributed by atoms with Gasteiger partial charge in [-0.25, -0.2) is 14.8 Å². The summed E-state index contributed by atoms with van der Waals surface area (Å²) in [5, 5.41) is 9.18. The molecule has 0 radical (unpaired) electrons. The van der Waals surface area contributed by atoms with Crippen LogP contribution in [0.3, 0.4) is 0 Å². The molecule has 0 aliphatic carbocycles. The maximum atomic E-state index is 11.6. The van der Waals surface area contributed by atoms with Crippen molar-refractivity contribution in [2.45, 2.75) is 33.2 Å². The number of aromatic nitrogens is 4. The molecular formula is C24H28N6O2. The Morgan fingerprint density at radius 1 is 1.06 bits per heavy atom. The molecule has 1 saturated heterocycles. The molecule has 1 fully saturated rings. The zero-order valence-corrected chi connectivity index (χ0v) is 18.9. The van der Waals surface area contributed by atoms with Crippen LogP contribution in [-0.4, -0.2) is 58.9 Å². The monoisotopic (exact) mass is 432 g/mol. The molecule has 8 heteroatoms. The molecule has 8 nitrogen and oxygen atoms in total. The third kappa shape index (κ3) is 4.39. The minimum Gasteiger partial charge on any atom is -0.464 e. The maximum Gasteiger partial charge on any atom is 0.358 e. The number of rotatable bonds is 5. The largest absolute Gasteiger partial charge is 0.464 e. The molecule has 0 N–H and O–H groups in total. The molecule has 4 rings (SSSR count). The van der Waals surface area contributed by atoms with E-state index in [9.17, 15) is 4.79 Å². The number of ether oxygens (including phenoxy) is 1. The van der Waals surface area contributed by atoms with Gasteiger partial charge in [0.2, 0.25) is 0 Å². The fraction of sp³-hybridized carbons (Fsp3) is 0.375. The predicted molar refractivity (Wildman–Crippen MR) is 123 cm³/mol. The fourth-order valence-corrected chi connectivity index (χ4v) is 4.07. The van der Waals surface area contributed by atoms with Crippen LogP contribution >= 0.6 is 0 Å². The van der Waals surface area contributed by atoms with E-state index in [1.165, 1.54) is 30.0 Å². The Kier molecular flexibility index (Phi) is 6.30. The van der Waals surface area contributed by atoms with Crippen LogP contribution in [0.15, 0.2) is 42.7 Å². The van der Waals surface area contributed by atoms with Crippen molar-refractivity contribution >= 4 is 17.6 Å². The number of hydrogen-bond donors (Lipinski definition) is 0. The van der Waals surface area contributed by atoms with E-state index in [0.29, 0.717) is 0 Å². The smallest absolute Gasteiger partial charge is 0.358 e. The van der Waals surface area contributed by atoms with Gasteiger partial charge in [0.15, 0.2) is 11.5 Å². The Morgan fingerprint density at radius 2 is 1.84 bits per heavy atom. The highest BCUT2D eigenvalue weighted by Crippen LogP contribution is 2.26. The zero-order chi connectivity index (χ0) is 22.7. The number of benzene rings is 1. The predicted octanol–water partition coefficient (Wildman–Crippen LogP) is 2.98. The Hall–Kier alpha value is -3.55. The fourth-order valence-electron chi connectivity index (χ4n) is 4.07. The van der Waals surface area contributed by atoms with Gasteiger partial charge in [0.1, 0.15) is 5.82 Å². The number of carbonyl (C=O) groups excluding carboxylic acids is 1. The van der Waals surface area contributed by atoms with Crippen LogP contribution in [0.2, 0.25) is 0 Å². The Balaban J connectivity index is 1.47. The molecule has 0 spiro atoms. The zero-order valence-electron chi connectivity index (χ0n) is 18.9. The van der Waals surface area contributed by atoms with E-state index in [-0.39, 0.29) is 11.7 Å². The standard InChI is InChI=1S/C24H28N6O2/c1-16-15-29(10-11-30(16)22-14-25-21(13-26-22)24(31)32-4)23-18(3)17(2)20(27-28-23)12-19-8-6-5-7-9-19/h5-9,13-14,16H,10-12,15H2,1-4H3/t16-/m0/s1. The molecule has 1 aliphatic rings. The van der Waals surface area contributed by atoms with Gasteiger partial charge in [-0.15, -0.1) is 5.10 Å². The normalized spacial score (nSPS) is 16.2. The molecule has 1 aliphatic heterocycles. The van der Waals surface area contributed by atoms with E-state index in [4.69, 9.17) is 4.74 Å². The van der Waals surface area contributed by atoms with Crippen molar-refractivity contribution in [3.05, 3.63) is 70.8 Å². The first kappa shape index (κ1) is 21.7. The number of carbonyl (C=O) groups is 1. The first-order chi connectivity index (χ1) is 15.5. The van der Waals surface area contributed by atoms with Crippen LogP contribution in [0.5, 0.6) is 0 Å². The molecule has 0 amide bonds. The van der Waals surface area contributed by atoms with Crippen LogP contribution in [0, 0.1) is 13.8 Å². The van der Waals surface area contributed by atoms with Gasteiger partial charge in [0.25, 0.3) is 0 Å². The highest BCUT2D eigenvalue weighted by atomic mass is 16.5. The van der Waals surface area contributed by atoms with Crippen molar-refractivity contribution in [2.24, 2.45) is 0 Å². The van der Waals surface area contributed by atoms with E-state index in [1.807, 2.05) is 18.2 Å². The van der Waals surface area contributed by atoms with Gasteiger partial charge in [-0.3, -0.25) is 0 Å². The lowest BCUT2D eigenvalue weighted by Crippen LogP contribution is -2.53. The van der Waals surface area contributed by atoms with Crippen LogP contribution in [-0.2, 0) is 11.2 Å². The summed E-state index contributed by atoms with van der Waals surface area (Å²) in [5.74, 6) is 1.21. The number of hydrogen-bond acceptors (Lipinski definition) is 8. The van der Waals surface area contributed by atoms with Crippen molar-refractivity contribution in [3.8, 4) is 0 Å². The molecule has 1 aromatic carbocycles. The summed E-state index contributed by atoms with van der Waals surface area (Å²) in [6, 6.07) is 10.6. The van der Waals surface area contributed by atoms with E-state index in [1.54, 1.807) is 6.20 Å². The molecule has 0 unspecified atom stereocenters. The average molecular weight is 433 g/mol. The summed E-state index contributed by atoms with van der Waals surface area (Å²) in [4.78, 5) is 24.7. The number of anilines is 2. The van der Waals surface area contributed by atoms with Gasteiger partial charge in [-0.1, -0.05) is 30.3 Å². The highest BCUT2D eigenvalue weighted by molar-refractivity contribution is 5.86. The molecule has 3 aromatic rings. The second-order valence-electron chi connectivity index (χ2n) is 8.12. The van der Waals surface area contributed by atoms with Gasteiger partial charge in [0.05, 0.1) is 25.2 Å². The van der Waals surface area contributed by atoms with Gasteiger partial charge >= 0.3 is 5.97 Å². The second-order valence-corrected chi connectivity index (χ2v) is 8.12. The van der Waals surface area contributed by atoms with Crippen LogP contribution < -0.4 is 9.80 Å². The number of piperazine rings is 1. The summed E-state index contributed by atoms with van der Waals surface area (Å²) in [5.41, 5.74) is 4.83. The van der Waals surface area contributed by atoms with Crippen LogP contribution in [0.1, 0.15) is 39.8 Å². The van der Waals surface area contributed by atoms with E-state index < -0.39 is 5.97 Å². The van der Waals surface area contributed by atoms with Crippen LogP contribution in [0.4, 0.5) is 11.6 Å². The van der Waals surface area contributed by atoms with E-state index >= 15 is 0 Å². The minimum atomic E-state index is -0.484. The lowest BCUT2D eigenvalue weighted by atomic mass is 10.0. The first-order valence-electron chi connectivity index (χ1n) is 10.8.